The Morgan fingerprint density at radius 3 is 2.45 bits per heavy atom. The van der Waals surface area contributed by atoms with Crippen molar-refractivity contribution in [1.29, 1.82) is 0 Å². The van der Waals surface area contributed by atoms with Crippen LogP contribution in [0.15, 0.2) is 82.6 Å². The summed E-state index contributed by atoms with van der Waals surface area (Å²) in [5, 5.41) is 3.14. The standard InChI is InChI=1S/C35H28F3N3O6S2/c1-46-19-11-9-18(10-12-19)41-32(43)27-21-14-22(28(27)33(41)44)29-26(21)25(30-31(48-29)40-34(45)49-30)20-7-2-3-8-23(20)47-15-24(42)39-17-6-4-5-16(13-17)35(36,37)38/h2-13,21-22,25-29H,14-15H2,1H3,(H,39,42)(H,40,45)/t21?,22?,25-,26?,27?,28?,29?/m1/s1. The number of imide groups is 1. The monoisotopic (exact) mass is 707 g/mol. The first kappa shape index (κ1) is 31.7. The summed E-state index contributed by atoms with van der Waals surface area (Å²) in [6, 6.07) is 18.4. The molecule has 2 saturated carbocycles. The van der Waals surface area contributed by atoms with E-state index in [1.807, 2.05) is 12.1 Å². The fourth-order valence-electron chi connectivity index (χ4n) is 8.33. The van der Waals surface area contributed by atoms with Gasteiger partial charge in [0.25, 0.3) is 5.91 Å². The summed E-state index contributed by atoms with van der Waals surface area (Å²) in [6.07, 6.45) is -3.86. The van der Waals surface area contributed by atoms with E-state index in [0.29, 0.717) is 23.6 Å². The Balaban J connectivity index is 1.09. The van der Waals surface area contributed by atoms with Crippen molar-refractivity contribution in [3.05, 3.63) is 98.5 Å². The Labute approximate surface area is 285 Å². The van der Waals surface area contributed by atoms with Crippen LogP contribution in [0.2, 0.25) is 0 Å². The number of aromatic amines is 1. The van der Waals surface area contributed by atoms with Gasteiger partial charge in [0.15, 0.2) is 6.61 Å². The lowest BCUT2D eigenvalue weighted by Gasteiger charge is -2.43. The van der Waals surface area contributed by atoms with Gasteiger partial charge < -0.3 is 19.8 Å². The van der Waals surface area contributed by atoms with Crippen LogP contribution in [-0.2, 0) is 20.6 Å². The third-order valence-corrected chi connectivity index (χ3v) is 12.7. The van der Waals surface area contributed by atoms with Crippen LogP contribution in [0.5, 0.6) is 11.5 Å². The summed E-state index contributed by atoms with van der Waals surface area (Å²) in [4.78, 5) is 58.4. The number of para-hydroxylation sites is 1. The molecule has 4 aromatic rings. The minimum Gasteiger partial charge on any atom is -0.497 e. The molecule has 7 atom stereocenters. The number of anilines is 2. The van der Waals surface area contributed by atoms with Crippen LogP contribution in [0.3, 0.4) is 0 Å². The average Bonchev–Trinajstić information content (AvgIpc) is 3.82. The maximum Gasteiger partial charge on any atom is 0.416 e. The second-order valence-corrected chi connectivity index (χ2v) is 14.8. The number of rotatable bonds is 7. The molecule has 3 heterocycles. The fraction of sp³-hybridized carbons (Fsp3) is 0.314. The predicted octanol–water partition coefficient (Wildman–Crippen LogP) is 6.16. The van der Waals surface area contributed by atoms with Crippen molar-refractivity contribution in [3.8, 4) is 11.5 Å². The highest BCUT2D eigenvalue weighted by molar-refractivity contribution is 8.00. The van der Waals surface area contributed by atoms with Crippen molar-refractivity contribution in [2.24, 2.45) is 29.6 Å². The number of hydrogen-bond acceptors (Lipinski definition) is 8. The molecule has 4 aliphatic rings. The van der Waals surface area contributed by atoms with Gasteiger partial charge in [0, 0.05) is 27.3 Å². The highest BCUT2D eigenvalue weighted by Crippen LogP contribution is 2.69. The second-order valence-electron chi connectivity index (χ2n) is 12.6. The van der Waals surface area contributed by atoms with Crippen molar-refractivity contribution in [2.45, 2.75) is 28.8 Å². The maximum absolute atomic E-state index is 14.1. The van der Waals surface area contributed by atoms with Crippen LogP contribution in [0.25, 0.3) is 0 Å². The van der Waals surface area contributed by atoms with Crippen LogP contribution in [0, 0.1) is 29.6 Å². The number of H-pyrrole nitrogens is 1. The van der Waals surface area contributed by atoms with Crippen molar-refractivity contribution in [2.75, 3.05) is 23.9 Å². The number of aromatic nitrogens is 1. The van der Waals surface area contributed by atoms with Gasteiger partial charge in [-0.05, 0) is 72.7 Å². The number of fused-ring (bicyclic) bond motifs is 9. The van der Waals surface area contributed by atoms with E-state index in [-0.39, 0.29) is 51.3 Å². The molecule has 252 valence electrons. The van der Waals surface area contributed by atoms with Crippen molar-refractivity contribution in [1.82, 2.24) is 4.98 Å². The van der Waals surface area contributed by atoms with Crippen LogP contribution in [0.1, 0.15) is 28.3 Å². The second kappa shape index (κ2) is 11.8. The van der Waals surface area contributed by atoms with Crippen LogP contribution >= 0.6 is 23.1 Å². The van der Waals surface area contributed by atoms with Crippen molar-refractivity contribution < 1.29 is 37.0 Å². The number of hydrogen-bond donors (Lipinski definition) is 2. The maximum atomic E-state index is 14.1. The number of amides is 3. The predicted molar refractivity (Wildman–Crippen MR) is 176 cm³/mol. The SMILES string of the molecule is COc1ccc(N2C(=O)C3C4CC(C3C2=O)C2C4Sc3[nH]c(=O)sc3[C@@H]2c2ccccc2OCC(=O)Nc2cccc(C(F)(F)F)c2)cc1. The zero-order valence-corrected chi connectivity index (χ0v) is 27.4. The largest absolute Gasteiger partial charge is 0.497 e. The number of nitrogens with zero attached hydrogens (tertiary/aromatic N) is 1. The van der Waals surface area contributed by atoms with Gasteiger partial charge >= 0.3 is 11.0 Å². The van der Waals surface area contributed by atoms with E-state index in [4.69, 9.17) is 9.47 Å². The molecule has 2 bridgehead atoms. The Hall–Kier alpha value is -4.56. The number of carbonyl (C=O) groups is 3. The first-order valence-electron chi connectivity index (χ1n) is 15.6. The van der Waals surface area contributed by atoms with E-state index in [2.05, 4.69) is 10.3 Å². The van der Waals surface area contributed by atoms with E-state index in [1.54, 1.807) is 55.3 Å². The number of thioether (sulfide) groups is 1. The summed E-state index contributed by atoms with van der Waals surface area (Å²) in [5.41, 5.74) is 0.336. The molecule has 3 aromatic carbocycles. The third kappa shape index (κ3) is 5.23. The van der Waals surface area contributed by atoms with E-state index in [0.717, 1.165) is 38.9 Å². The summed E-state index contributed by atoms with van der Waals surface area (Å²) < 4.78 is 50.8. The minimum atomic E-state index is -4.56. The lowest BCUT2D eigenvalue weighted by molar-refractivity contribution is -0.137. The number of methoxy groups -OCH3 is 1. The summed E-state index contributed by atoms with van der Waals surface area (Å²) in [6.45, 7) is -0.473. The molecule has 6 unspecified atom stereocenters. The van der Waals surface area contributed by atoms with Gasteiger partial charge in [0.2, 0.25) is 11.8 Å². The first-order valence-corrected chi connectivity index (χ1v) is 17.3. The topological polar surface area (TPSA) is 118 Å². The number of nitrogens with one attached hydrogen (secondary N) is 2. The van der Waals surface area contributed by atoms with Gasteiger partial charge in [-0.2, -0.15) is 13.2 Å². The highest BCUT2D eigenvalue weighted by atomic mass is 32.2. The number of alkyl halides is 3. The normalized spacial score (nSPS) is 26.7. The fourth-order valence-corrected chi connectivity index (χ4v) is 11.2. The molecular formula is C35H28F3N3O6S2. The van der Waals surface area contributed by atoms with Gasteiger partial charge in [-0.1, -0.05) is 35.6 Å². The first-order chi connectivity index (χ1) is 23.5. The zero-order chi connectivity index (χ0) is 34.2. The number of carbonyl (C=O) groups excluding carboxylic acids is 3. The van der Waals surface area contributed by atoms with Crippen LogP contribution in [-0.4, -0.2) is 41.7 Å². The number of benzene rings is 3. The number of ether oxygens (including phenoxy) is 2. The molecule has 1 saturated heterocycles. The molecule has 0 spiro atoms. The van der Waals surface area contributed by atoms with Gasteiger partial charge in [0.1, 0.15) is 11.5 Å². The Kier molecular flexibility index (Phi) is 7.63. The smallest absolute Gasteiger partial charge is 0.416 e. The molecule has 2 aliphatic heterocycles. The Bertz CT molecular complexity index is 2050. The van der Waals surface area contributed by atoms with Crippen molar-refractivity contribution in [3.63, 3.8) is 0 Å². The molecule has 14 heteroatoms. The molecule has 1 aromatic heterocycles. The summed E-state index contributed by atoms with van der Waals surface area (Å²) in [5.74, 6) is -1.74. The van der Waals surface area contributed by atoms with Crippen LogP contribution < -0.4 is 24.6 Å². The van der Waals surface area contributed by atoms with Crippen LogP contribution in [0.4, 0.5) is 24.5 Å². The minimum absolute atomic E-state index is 0.0124. The Morgan fingerprint density at radius 1 is 0.980 bits per heavy atom. The number of halogens is 3. The molecule has 49 heavy (non-hydrogen) atoms. The van der Waals surface area contributed by atoms with Gasteiger partial charge in [-0.15, -0.1) is 11.8 Å². The molecule has 9 nitrogen and oxygen atoms in total. The molecule has 3 amide bonds. The quantitative estimate of drug-likeness (QED) is 0.221. The molecule has 2 N–H and O–H groups in total. The van der Waals surface area contributed by atoms with E-state index in [1.165, 1.54) is 17.0 Å². The average molecular weight is 708 g/mol. The van der Waals surface area contributed by atoms with E-state index >= 15 is 0 Å². The third-order valence-electron chi connectivity index (χ3n) is 10.1. The summed E-state index contributed by atoms with van der Waals surface area (Å²) in [7, 11) is 1.55. The van der Waals surface area contributed by atoms with Gasteiger partial charge in [-0.25, -0.2) is 0 Å². The van der Waals surface area contributed by atoms with E-state index in [9.17, 15) is 32.3 Å². The highest BCUT2D eigenvalue weighted by Gasteiger charge is 2.69. The molecule has 8 rings (SSSR count). The van der Waals surface area contributed by atoms with Gasteiger partial charge in [0.05, 0.1) is 35.2 Å². The van der Waals surface area contributed by atoms with Crippen molar-refractivity contribution >= 4 is 52.2 Å². The molecule has 2 aliphatic carbocycles. The number of thiazole rings is 1. The van der Waals surface area contributed by atoms with Gasteiger partial charge in [-0.3, -0.25) is 24.1 Å². The lowest BCUT2D eigenvalue weighted by atomic mass is 9.68. The molecule has 3 fully saturated rings. The van der Waals surface area contributed by atoms with E-state index < -0.39 is 36.1 Å². The lowest BCUT2D eigenvalue weighted by Crippen LogP contribution is -2.42. The summed E-state index contributed by atoms with van der Waals surface area (Å²) >= 11 is 2.67. The molecular weight excluding hydrogens is 680 g/mol. The Morgan fingerprint density at radius 2 is 1.71 bits per heavy atom. The zero-order valence-electron chi connectivity index (χ0n) is 25.7. The molecule has 0 radical (unpaired) electrons.